The molecule has 0 N–H and O–H groups in total. The smallest absolute Gasteiger partial charge is 0.262 e. The van der Waals surface area contributed by atoms with Crippen LogP contribution in [0.1, 0.15) is 0 Å². The molecule has 0 aliphatic carbocycles. The number of hydrogen-bond acceptors (Lipinski definition) is 4. The van der Waals surface area contributed by atoms with Gasteiger partial charge in [-0.15, -0.1) is 0 Å². The molecule has 0 saturated carbocycles. The van der Waals surface area contributed by atoms with Gasteiger partial charge in [0.2, 0.25) is 0 Å². The van der Waals surface area contributed by atoms with E-state index >= 15 is 0 Å². The molecule has 1 heterocycles. The summed E-state index contributed by atoms with van der Waals surface area (Å²) in [6.45, 7) is 0.876. The van der Waals surface area contributed by atoms with Gasteiger partial charge in [-0.05, 0) is 33.8 Å². The number of benzene rings is 1. The summed E-state index contributed by atoms with van der Waals surface area (Å²) in [6, 6.07) is 3.47. The Morgan fingerprint density at radius 2 is 2.28 bits per heavy atom. The number of aromatic nitrogens is 2. The predicted molar refractivity (Wildman–Crippen MR) is 74.6 cm³/mol. The van der Waals surface area contributed by atoms with E-state index in [0.717, 1.165) is 11.0 Å². The van der Waals surface area contributed by atoms with Crippen LogP contribution in [-0.2, 0) is 11.3 Å². The van der Waals surface area contributed by atoms with Gasteiger partial charge in [0.25, 0.3) is 5.56 Å². The normalized spacial score (nSPS) is 11.1. The van der Waals surface area contributed by atoms with Crippen molar-refractivity contribution in [2.45, 2.75) is 11.4 Å². The zero-order valence-electron chi connectivity index (χ0n) is 9.52. The first kappa shape index (κ1) is 13.7. The van der Waals surface area contributed by atoms with Gasteiger partial charge in [-0.3, -0.25) is 9.36 Å². The highest BCUT2D eigenvalue weighted by Crippen LogP contribution is 2.33. The third-order valence-electron chi connectivity index (χ3n) is 2.51. The van der Waals surface area contributed by atoms with Crippen molar-refractivity contribution in [2.24, 2.45) is 0 Å². The molecule has 4 nitrogen and oxygen atoms in total. The lowest BCUT2D eigenvalue weighted by Crippen LogP contribution is -2.22. The number of rotatable bonds is 4. The summed E-state index contributed by atoms with van der Waals surface area (Å²) in [5, 5.41) is 0.734. The van der Waals surface area contributed by atoms with Crippen LogP contribution in [0.2, 0.25) is 5.02 Å². The molecule has 0 aliphatic heterocycles. The van der Waals surface area contributed by atoms with Gasteiger partial charge in [-0.2, -0.15) is 0 Å². The Morgan fingerprint density at radius 3 is 2.94 bits per heavy atom. The Morgan fingerprint density at radius 1 is 1.50 bits per heavy atom. The highest BCUT2D eigenvalue weighted by atomic mass is 35.7. The summed E-state index contributed by atoms with van der Waals surface area (Å²) in [7, 11) is 8.25. The number of ether oxygens (including phenoxy) is 1. The molecule has 96 valence electrons. The third-order valence-corrected chi connectivity index (χ3v) is 4.02. The molecule has 0 aliphatic rings. The largest absolute Gasteiger partial charge is 0.383 e. The van der Waals surface area contributed by atoms with Crippen molar-refractivity contribution in [2.75, 3.05) is 13.7 Å². The Labute approximate surface area is 117 Å². The summed E-state index contributed by atoms with van der Waals surface area (Å²) in [4.78, 5) is 17.1. The van der Waals surface area contributed by atoms with Crippen molar-refractivity contribution in [1.29, 1.82) is 0 Å². The number of hydrogen-bond donors (Lipinski definition) is 0. The first-order chi connectivity index (χ1) is 8.69. The molecule has 0 spiro atoms. The fourth-order valence-electron chi connectivity index (χ4n) is 1.59. The van der Waals surface area contributed by atoms with Gasteiger partial charge in [-0.25, -0.2) is 4.98 Å². The molecule has 7 heteroatoms. The molecule has 0 unspecified atom stereocenters. The second-order valence-electron chi connectivity index (χ2n) is 3.58. The van der Waals surface area contributed by atoms with Gasteiger partial charge >= 0.3 is 0 Å². The second kappa shape index (κ2) is 5.93. The van der Waals surface area contributed by atoms with Crippen molar-refractivity contribution in [3.63, 3.8) is 0 Å². The average molecular weight is 305 g/mol. The molecule has 2 rings (SSSR count). The van der Waals surface area contributed by atoms with E-state index in [1.807, 2.05) is 0 Å². The highest BCUT2D eigenvalue weighted by molar-refractivity contribution is 8.21. The molecule has 1 aromatic heterocycles. The quantitative estimate of drug-likeness (QED) is 0.871. The molecule has 0 fully saturated rings. The van der Waals surface area contributed by atoms with Crippen molar-refractivity contribution in [1.82, 2.24) is 9.55 Å². The lowest BCUT2D eigenvalue weighted by atomic mass is 10.2. The lowest BCUT2D eigenvalue weighted by Gasteiger charge is -2.08. The Balaban J connectivity index is 2.64. The van der Waals surface area contributed by atoms with Gasteiger partial charge in [0.15, 0.2) is 0 Å². The van der Waals surface area contributed by atoms with Crippen LogP contribution in [0.3, 0.4) is 0 Å². The van der Waals surface area contributed by atoms with Crippen molar-refractivity contribution >= 4 is 44.2 Å². The number of methoxy groups -OCH3 is 1. The second-order valence-corrected chi connectivity index (χ2v) is 5.02. The zero-order valence-corrected chi connectivity index (χ0v) is 11.8. The lowest BCUT2D eigenvalue weighted by molar-refractivity contribution is 0.186. The van der Waals surface area contributed by atoms with E-state index in [4.69, 9.17) is 27.0 Å². The standard InChI is InChI=1S/C11H10Cl2N2O2S/c1-17-5-4-15-6-14-7-2-3-8(18-13)10(12)9(7)11(15)16/h2-3,6H,4-5H2,1H3. The van der Waals surface area contributed by atoms with E-state index in [0.29, 0.717) is 34.0 Å². The summed E-state index contributed by atoms with van der Waals surface area (Å²) >= 11 is 6.16. The van der Waals surface area contributed by atoms with E-state index in [-0.39, 0.29) is 5.56 Å². The fourth-order valence-corrected chi connectivity index (χ4v) is 2.74. The summed E-state index contributed by atoms with van der Waals surface area (Å²) in [5.41, 5.74) is 0.378. The summed E-state index contributed by atoms with van der Waals surface area (Å²) in [5.74, 6) is 0. The van der Waals surface area contributed by atoms with Crippen LogP contribution in [0.4, 0.5) is 0 Å². The van der Waals surface area contributed by atoms with Gasteiger partial charge in [0, 0.05) is 12.0 Å². The van der Waals surface area contributed by atoms with Gasteiger partial charge in [0.1, 0.15) is 0 Å². The van der Waals surface area contributed by atoms with Crippen molar-refractivity contribution < 1.29 is 4.74 Å². The summed E-state index contributed by atoms with van der Waals surface area (Å²) < 4.78 is 6.41. The average Bonchev–Trinajstić information content (AvgIpc) is 2.38. The monoisotopic (exact) mass is 304 g/mol. The van der Waals surface area contributed by atoms with E-state index in [1.165, 1.54) is 10.9 Å². The molecule has 0 bridgehead atoms. The first-order valence-corrected chi connectivity index (χ1v) is 7.16. The number of halogens is 2. The molecule has 1 aromatic carbocycles. The minimum absolute atomic E-state index is 0.186. The summed E-state index contributed by atoms with van der Waals surface area (Å²) in [6.07, 6.45) is 1.49. The maximum Gasteiger partial charge on any atom is 0.262 e. The molecule has 2 aromatic rings. The van der Waals surface area contributed by atoms with Crippen LogP contribution in [0.15, 0.2) is 28.2 Å². The van der Waals surface area contributed by atoms with E-state index < -0.39 is 0 Å². The molecular weight excluding hydrogens is 295 g/mol. The molecule has 0 radical (unpaired) electrons. The molecule has 0 atom stereocenters. The molecular formula is C11H10Cl2N2O2S. The van der Waals surface area contributed by atoms with E-state index in [2.05, 4.69) is 4.98 Å². The van der Waals surface area contributed by atoms with Crippen LogP contribution in [-0.4, -0.2) is 23.3 Å². The van der Waals surface area contributed by atoms with Crippen LogP contribution >= 0.6 is 33.3 Å². The Bertz CT molecular complexity index is 630. The zero-order chi connectivity index (χ0) is 13.1. The van der Waals surface area contributed by atoms with Gasteiger partial charge in [0.05, 0.1) is 35.4 Å². The maximum absolute atomic E-state index is 12.3. The minimum atomic E-state index is -0.186. The minimum Gasteiger partial charge on any atom is -0.383 e. The predicted octanol–water partition coefficient (Wildman–Crippen LogP) is 2.94. The Hall–Kier alpha value is -0.750. The van der Waals surface area contributed by atoms with Crippen LogP contribution in [0.5, 0.6) is 0 Å². The maximum atomic E-state index is 12.3. The SMILES string of the molecule is COCCn1cnc2ccc(SCl)c(Cl)c2c1=O. The molecule has 0 amide bonds. The first-order valence-electron chi connectivity index (χ1n) is 5.14. The molecule has 18 heavy (non-hydrogen) atoms. The Kier molecular flexibility index (Phi) is 4.50. The van der Waals surface area contributed by atoms with Gasteiger partial charge < -0.3 is 4.74 Å². The van der Waals surface area contributed by atoms with Crippen LogP contribution in [0, 0.1) is 0 Å². The highest BCUT2D eigenvalue weighted by Gasteiger charge is 2.11. The molecule has 0 saturated heterocycles. The number of fused-ring (bicyclic) bond motifs is 1. The van der Waals surface area contributed by atoms with E-state index in [1.54, 1.807) is 19.2 Å². The van der Waals surface area contributed by atoms with E-state index in [9.17, 15) is 4.79 Å². The van der Waals surface area contributed by atoms with Crippen LogP contribution < -0.4 is 5.56 Å². The van der Waals surface area contributed by atoms with Crippen molar-refractivity contribution in [3.05, 3.63) is 33.8 Å². The number of nitrogens with zero attached hydrogens (tertiary/aromatic N) is 2. The van der Waals surface area contributed by atoms with Gasteiger partial charge in [-0.1, -0.05) is 11.6 Å². The van der Waals surface area contributed by atoms with Crippen LogP contribution in [0.25, 0.3) is 10.9 Å². The third kappa shape index (κ3) is 2.49. The topological polar surface area (TPSA) is 44.1 Å². The fraction of sp³-hybridized carbons (Fsp3) is 0.273. The van der Waals surface area contributed by atoms with Crippen molar-refractivity contribution in [3.8, 4) is 0 Å².